The van der Waals surface area contributed by atoms with Crippen molar-refractivity contribution in [1.82, 2.24) is 15.3 Å². The van der Waals surface area contributed by atoms with Gasteiger partial charge in [-0.15, -0.1) is 0 Å². The number of aromatic nitrogens is 2. The zero-order valence-corrected chi connectivity index (χ0v) is 12.4. The molecule has 6 heteroatoms. The molecule has 1 fully saturated rings. The summed E-state index contributed by atoms with van der Waals surface area (Å²) in [6.07, 6.45) is 8.36. The Morgan fingerprint density at radius 3 is 2.60 bits per heavy atom. The van der Waals surface area contributed by atoms with Crippen LogP contribution in [0.2, 0.25) is 5.02 Å². The van der Waals surface area contributed by atoms with Crippen LogP contribution in [0.5, 0.6) is 6.01 Å². The molecule has 0 unspecified atom stereocenters. The first-order chi connectivity index (χ1) is 9.67. The molecule has 1 aromatic heterocycles. The molecular formula is C14H20ClN3O2. The zero-order chi connectivity index (χ0) is 14.4. The van der Waals surface area contributed by atoms with Crippen LogP contribution in [0.3, 0.4) is 0 Å². The van der Waals surface area contributed by atoms with Crippen molar-refractivity contribution in [1.29, 1.82) is 0 Å². The van der Waals surface area contributed by atoms with Crippen LogP contribution in [0.15, 0.2) is 12.4 Å². The SMILES string of the molecule is CCCC(=O)NC1CCC(Oc2ncc(Cl)cn2)CC1. The minimum absolute atomic E-state index is 0.121. The van der Waals surface area contributed by atoms with E-state index in [2.05, 4.69) is 15.3 Å². The van der Waals surface area contributed by atoms with Crippen molar-refractivity contribution < 1.29 is 9.53 Å². The number of hydrogen-bond donors (Lipinski definition) is 1. The average molecular weight is 298 g/mol. The molecule has 110 valence electrons. The van der Waals surface area contributed by atoms with Crippen LogP contribution in [-0.2, 0) is 4.79 Å². The van der Waals surface area contributed by atoms with Crippen molar-refractivity contribution in [3.63, 3.8) is 0 Å². The first-order valence-corrected chi connectivity index (χ1v) is 7.48. The number of ether oxygens (including phenoxy) is 1. The molecule has 0 saturated heterocycles. The highest BCUT2D eigenvalue weighted by atomic mass is 35.5. The third-order valence-electron chi connectivity index (χ3n) is 3.39. The summed E-state index contributed by atoms with van der Waals surface area (Å²) >= 11 is 5.73. The number of carbonyl (C=O) groups excluding carboxylic acids is 1. The maximum atomic E-state index is 11.5. The van der Waals surface area contributed by atoms with Gasteiger partial charge in [0.05, 0.1) is 17.4 Å². The number of rotatable bonds is 5. The molecule has 0 spiro atoms. The van der Waals surface area contributed by atoms with Gasteiger partial charge in [-0.1, -0.05) is 18.5 Å². The van der Waals surface area contributed by atoms with E-state index in [4.69, 9.17) is 16.3 Å². The van der Waals surface area contributed by atoms with E-state index in [1.54, 1.807) is 0 Å². The van der Waals surface area contributed by atoms with Gasteiger partial charge in [-0.3, -0.25) is 4.79 Å². The molecule has 1 N–H and O–H groups in total. The minimum Gasteiger partial charge on any atom is -0.460 e. The van der Waals surface area contributed by atoms with Crippen molar-refractivity contribution in [2.24, 2.45) is 0 Å². The van der Waals surface area contributed by atoms with Crippen LogP contribution in [-0.4, -0.2) is 28.0 Å². The summed E-state index contributed by atoms with van der Waals surface area (Å²) in [6, 6.07) is 0.646. The Morgan fingerprint density at radius 1 is 1.35 bits per heavy atom. The van der Waals surface area contributed by atoms with Crippen molar-refractivity contribution >= 4 is 17.5 Å². The van der Waals surface area contributed by atoms with E-state index < -0.39 is 0 Å². The Hall–Kier alpha value is -1.36. The van der Waals surface area contributed by atoms with Gasteiger partial charge in [0.1, 0.15) is 6.10 Å². The summed E-state index contributed by atoms with van der Waals surface area (Å²) in [5, 5.41) is 3.57. The van der Waals surface area contributed by atoms with E-state index >= 15 is 0 Å². The van der Waals surface area contributed by atoms with Crippen molar-refractivity contribution in [2.75, 3.05) is 0 Å². The predicted octanol–water partition coefficient (Wildman–Crippen LogP) is 2.74. The molecule has 1 aliphatic rings. The quantitative estimate of drug-likeness (QED) is 0.907. The third kappa shape index (κ3) is 4.63. The number of halogens is 1. The lowest BCUT2D eigenvalue weighted by Crippen LogP contribution is -2.39. The molecular weight excluding hydrogens is 278 g/mol. The van der Waals surface area contributed by atoms with Gasteiger partial charge in [0, 0.05) is 12.5 Å². The molecule has 5 nitrogen and oxygen atoms in total. The Kier molecular flexibility index (Phi) is 5.59. The van der Waals surface area contributed by atoms with E-state index in [1.165, 1.54) is 12.4 Å². The highest BCUT2D eigenvalue weighted by Crippen LogP contribution is 2.22. The van der Waals surface area contributed by atoms with Gasteiger partial charge in [-0.2, -0.15) is 0 Å². The Bertz CT molecular complexity index is 431. The first-order valence-electron chi connectivity index (χ1n) is 7.11. The molecule has 1 amide bonds. The lowest BCUT2D eigenvalue weighted by Gasteiger charge is -2.28. The molecule has 0 atom stereocenters. The first kappa shape index (κ1) is 15.0. The monoisotopic (exact) mass is 297 g/mol. The molecule has 0 bridgehead atoms. The summed E-state index contributed by atoms with van der Waals surface area (Å²) in [5.41, 5.74) is 0. The van der Waals surface area contributed by atoms with Crippen LogP contribution in [0.4, 0.5) is 0 Å². The fraction of sp³-hybridized carbons (Fsp3) is 0.643. The largest absolute Gasteiger partial charge is 0.460 e. The number of nitrogens with zero attached hydrogens (tertiary/aromatic N) is 2. The summed E-state index contributed by atoms with van der Waals surface area (Å²) < 4.78 is 5.72. The van der Waals surface area contributed by atoms with E-state index in [9.17, 15) is 4.79 Å². The van der Waals surface area contributed by atoms with Crippen LogP contribution in [0.1, 0.15) is 45.4 Å². The lowest BCUT2D eigenvalue weighted by atomic mass is 9.93. The van der Waals surface area contributed by atoms with Gasteiger partial charge in [0.2, 0.25) is 5.91 Å². The van der Waals surface area contributed by atoms with Crippen LogP contribution >= 0.6 is 11.6 Å². The van der Waals surface area contributed by atoms with Crippen molar-refractivity contribution in [2.45, 2.75) is 57.6 Å². The highest BCUT2D eigenvalue weighted by Gasteiger charge is 2.23. The van der Waals surface area contributed by atoms with Crippen LogP contribution in [0.25, 0.3) is 0 Å². The van der Waals surface area contributed by atoms with Gasteiger partial charge in [0.25, 0.3) is 0 Å². The molecule has 1 heterocycles. The fourth-order valence-electron chi connectivity index (χ4n) is 2.36. The van der Waals surface area contributed by atoms with Crippen LogP contribution in [0, 0.1) is 0 Å². The van der Waals surface area contributed by atoms with Crippen molar-refractivity contribution in [3.05, 3.63) is 17.4 Å². The normalized spacial score (nSPS) is 22.3. The topological polar surface area (TPSA) is 64.1 Å². The highest BCUT2D eigenvalue weighted by molar-refractivity contribution is 6.30. The number of amides is 1. The van der Waals surface area contributed by atoms with E-state index in [-0.39, 0.29) is 18.1 Å². The smallest absolute Gasteiger partial charge is 0.316 e. The van der Waals surface area contributed by atoms with Crippen LogP contribution < -0.4 is 10.1 Å². The molecule has 0 aromatic carbocycles. The van der Waals surface area contributed by atoms with E-state index in [1.807, 2.05) is 6.92 Å². The Labute approximate surface area is 124 Å². The predicted molar refractivity (Wildman–Crippen MR) is 76.8 cm³/mol. The molecule has 1 aliphatic carbocycles. The molecule has 0 aliphatic heterocycles. The second kappa shape index (κ2) is 7.43. The van der Waals surface area contributed by atoms with E-state index in [0.29, 0.717) is 17.5 Å². The second-order valence-electron chi connectivity index (χ2n) is 5.09. The molecule has 20 heavy (non-hydrogen) atoms. The molecule has 0 radical (unpaired) electrons. The Morgan fingerprint density at radius 2 is 2.00 bits per heavy atom. The third-order valence-corrected chi connectivity index (χ3v) is 3.58. The van der Waals surface area contributed by atoms with Gasteiger partial charge in [0.15, 0.2) is 0 Å². The van der Waals surface area contributed by atoms with Crippen molar-refractivity contribution in [3.8, 4) is 6.01 Å². The minimum atomic E-state index is 0.121. The van der Waals surface area contributed by atoms with Gasteiger partial charge in [-0.05, 0) is 32.1 Å². The summed E-state index contributed by atoms with van der Waals surface area (Å²) in [4.78, 5) is 19.6. The van der Waals surface area contributed by atoms with Gasteiger partial charge >= 0.3 is 6.01 Å². The fourth-order valence-corrected chi connectivity index (χ4v) is 2.46. The summed E-state index contributed by atoms with van der Waals surface area (Å²) in [6.45, 7) is 2.01. The standard InChI is InChI=1S/C14H20ClN3O2/c1-2-3-13(19)18-11-4-6-12(7-5-11)20-14-16-8-10(15)9-17-14/h8-9,11-12H,2-7H2,1H3,(H,18,19). The molecule has 2 rings (SSSR count). The zero-order valence-electron chi connectivity index (χ0n) is 11.6. The number of nitrogens with one attached hydrogen (secondary N) is 1. The average Bonchev–Trinajstić information content (AvgIpc) is 2.44. The summed E-state index contributed by atoms with van der Waals surface area (Å²) in [5.74, 6) is 0.151. The van der Waals surface area contributed by atoms with Gasteiger partial charge in [-0.25, -0.2) is 9.97 Å². The molecule has 1 saturated carbocycles. The second-order valence-corrected chi connectivity index (χ2v) is 5.53. The Balaban J connectivity index is 1.74. The number of hydrogen-bond acceptors (Lipinski definition) is 4. The maximum absolute atomic E-state index is 11.5. The lowest BCUT2D eigenvalue weighted by molar-refractivity contribution is -0.122. The number of carbonyl (C=O) groups is 1. The summed E-state index contributed by atoms with van der Waals surface area (Å²) in [7, 11) is 0. The van der Waals surface area contributed by atoms with E-state index in [0.717, 1.165) is 32.1 Å². The van der Waals surface area contributed by atoms with Gasteiger partial charge < -0.3 is 10.1 Å². The molecule has 1 aromatic rings. The maximum Gasteiger partial charge on any atom is 0.316 e.